The first-order valence-electron chi connectivity index (χ1n) is 10.1. The van der Waals surface area contributed by atoms with E-state index in [2.05, 4.69) is 64.1 Å². The van der Waals surface area contributed by atoms with Crippen molar-refractivity contribution in [2.45, 2.75) is 79.1 Å². The second-order valence-corrected chi connectivity index (χ2v) is 6.91. The molecule has 0 saturated carbocycles. The van der Waals surface area contributed by atoms with Crippen molar-refractivity contribution in [2.24, 2.45) is 0 Å². The predicted molar refractivity (Wildman–Crippen MR) is 109 cm³/mol. The third kappa shape index (κ3) is 5.11. The Morgan fingerprint density at radius 3 is 1.04 bits per heavy atom. The fraction of sp³-hybridized carbons (Fsp3) is 0.500. The maximum absolute atomic E-state index is 6.71. The molecule has 0 atom stereocenters. The van der Waals surface area contributed by atoms with Crippen molar-refractivity contribution in [2.75, 3.05) is 0 Å². The Morgan fingerprint density at radius 1 is 0.520 bits per heavy atom. The van der Waals surface area contributed by atoms with Crippen LogP contribution in [0, 0.1) is 0 Å². The van der Waals surface area contributed by atoms with E-state index in [0.29, 0.717) is 0 Å². The second-order valence-electron chi connectivity index (χ2n) is 6.91. The van der Waals surface area contributed by atoms with Gasteiger partial charge in [0.1, 0.15) is 11.5 Å². The minimum atomic E-state index is 1.08. The van der Waals surface area contributed by atoms with E-state index in [-0.39, 0.29) is 0 Å². The molecular weight excluding hydrogens is 304 g/mol. The van der Waals surface area contributed by atoms with Gasteiger partial charge in [-0.05, 0) is 47.9 Å². The monoisotopic (exact) mass is 338 g/mol. The summed E-state index contributed by atoms with van der Waals surface area (Å²) >= 11 is 0. The van der Waals surface area contributed by atoms with Gasteiger partial charge in [0, 0.05) is 0 Å². The molecule has 1 nitrogen and oxygen atoms in total. The predicted octanol–water partition coefficient (Wildman–Crippen LogP) is 7.29. The number of rotatable bonds is 10. The van der Waals surface area contributed by atoms with Crippen molar-refractivity contribution in [3.8, 4) is 11.5 Å². The van der Waals surface area contributed by atoms with Crippen LogP contribution in [0.1, 0.15) is 75.6 Å². The molecular formula is C24H34O. The molecule has 0 radical (unpaired) electrons. The Morgan fingerprint density at radius 2 is 0.800 bits per heavy atom. The number of para-hydroxylation sites is 2. The van der Waals surface area contributed by atoms with Crippen LogP contribution in [0.3, 0.4) is 0 Å². The molecule has 2 aromatic rings. The van der Waals surface area contributed by atoms with Gasteiger partial charge in [0.05, 0.1) is 0 Å². The van der Waals surface area contributed by atoms with Crippen LogP contribution in [0.15, 0.2) is 36.4 Å². The molecule has 0 fully saturated rings. The first-order valence-corrected chi connectivity index (χ1v) is 10.1. The fourth-order valence-corrected chi connectivity index (χ4v) is 3.51. The van der Waals surface area contributed by atoms with E-state index in [1.165, 1.54) is 22.3 Å². The second kappa shape index (κ2) is 10.3. The molecule has 2 rings (SSSR count). The molecule has 0 amide bonds. The molecule has 0 spiro atoms. The maximum Gasteiger partial charge on any atom is 0.133 e. The molecule has 25 heavy (non-hydrogen) atoms. The van der Waals surface area contributed by atoms with E-state index >= 15 is 0 Å². The van der Waals surface area contributed by atoms with E-state index in [1.54, 1.807) is 0 Å². The zero-order valence-electron chi connectivity index (χ0n) is 16.5. The Hall–Kier alpha value is -1.76. The van der Waals surface area contributed by atoms with Gasteiger partial charge in [0.15, 0.2) is 0 Å². The van der Waals surface area contributed by atoms with E-state index in [4.69, 9.17) is 4.74 Å². The normalized spacial score (nSPS) is 10.9. The highest BCUT2D eigenvalue weighted by atomic mass is 16.5. The van der Waals surface area contributed by atoms with Crippen LogP contribution in [-0.2, 0) is 25.7 Å². The van der Waals surface area contributed by atoms with E-state index in [0.717, 1.165) is 62.9 Å². The Balaban J connectivity index is 2.50. The summed E-state index contributed by atoms with van der Waals surface area (Å²) < 4.78 is 6.71. The van der Waals surface area contributed by atoms with Crippen molar-refractivity contribution >= 4 is 0 Å². The SMILES string of the molecule is CCCc1cccc(CCC)c1Oc1c(CCC)cccc1CCC. The van der Waals surface area contributed by atoms with Crippen molar-refractivity contribution in [1.29, 1.82) is 0 Å². The Labute approximate surface area is 154 Å². The summed E-state index contributed by atoms with van der Waals surface area (Å²) in [6, 6.07) is 13.3. The standard InChI is InChI=1S/C24H34O/c1-5-11-19-15-9-16-20(12-6-2)23(19)25-24-21(13-7-3)17-10-18-22(24)14-8-4/h9-10,15-18H,5-8,11-14H2,1-4H3. The van der Waals surface area contributed by atoms with Gasteiger partial charge in [-0.15, -0.1) is 0 Å². The van der Waals surface area contributed by atoms with Gasteiger partial charge in [0.25, 0.3) is 0 Å². The molecule has 0 saturated heterocycles. The van der Waals surface area contributed by atoms with Crippen LogP contribution in [0.25, 0.3) is 0 Å². The summed E-state index contributed by atoms with van der Waals surface area (Å²) in [5.41, 5.74) is 5.40. The van der Waals surface area contributed by atoms with Gasteiger partial charge in [-0.25, -0.2) is 0 Å². The lowest BCUT2D eigenvalue weighted by Crippen LogP contribution is -2.02. The van der Waals surface area contributed by atoms with Crippen LogP contribution in [0.4, 0.5) is 0 Å². The molecule has 0 N–H and O–H groups in total. The van der Waals surface area contributed by atoms with Crippen LogP contribution in [0.2, 0.25) is 0 Å². The number of hydrogen-bond acceptors (Lipinski definition) is 1. The molecule has 136 valence electrons. The largest absolute Gasteiger partial charge is 0.456 e. The van der Waals surface area contributed by atoms with Crippen LogP contribution >= 0.6 is 0 Å². The van der Waals surface area contributed by atoms with Gasteiger partial charge in [-0.2, -0.15) is 0 Å². The van der Waals surface area contributed by atoms with Crippen LogP contribution < -0.4 is 4.74 Å². The van der Waals surface area contributed by atoms with E-state index in [9.17, 15) is 0 Å². The highest BCUT2D eigenvalue weighted by Gasteiger charge is 2.15. The molecule has 0 aliphatic carbocycles. The van der Waals surface area contributed by atoms with E-state index in [1.807, 2.05) is 0 Å². The summed E-state index contributed by atoms with van der Waals surface area (Å²) in [5.74, 6) is 2.24. The molecule has 0 aromatic heterocycles. The summed E-state index contributed by atoms with van der Waals surface area (Å²) in [5, 5.41) is 0. The zero-order chi connectivity index (χ0) is 18.1. The molecule has 0 aliphatic rings. The molecule has 0 unspecified atom stereocenters. The molecule has 1 heteroatoms. The highest BCUT2D eigenvalue weighted by Crippen LogP contribution is 2.36. The smallest absolute Gasteiger partial charge is 0.133 e. The average molecular weight is 339 g/mol. The summed E-state index contributed by atoms with van der Waals surface area (Å²) in [7, 11) is 0. The van der Waals surface area contributed by atoms with Crippen LogP contribution in [0.5, 0.6) is 11.5 Å². The zero-order valence-corrected chi connectivity index (χ0v) is 16.5. The number of hydrogen-bond donors (Lipinski definition) is 0. The van der Waals surface area contributed by atoms with Gasteiger partial charge < -0.3 is 4.74 Å². The Bertz CT molecular complexity index is 551. The van der Waals surface area contributed by atoms with Crippen LogP contribution in [-0.4, -0.2) is 0 Å². The maximum atomic E-state index is 6.71. The third-order valence-corrected chi connectivity index (χ3v) is 4.64. The van der Waals surface area contributed by atoms with Crippen molar-refractivity contribution in [3.05, 3.63) is 58.7 Å². The van der Waals surface area contributed by atoms with Crippen molar-refractivity contribution < 1.29 is 4.74 Å². The third-order valence-electron chi connectivity index (χ3n) is 4.64. The summed E-state index contributed by atoms with van der Waals surface area (Å²) in [6.45, 7) is 8.96. The lowest BCUT2D eigenvalue weighted by Gasteiger charge is -2.20. The highest BCUT2D eigenvalue weighted by molar-refractivity contribution is 5.49. The topological polar surface area (TPSA) is 9.23 Å². The lowest BCUT2D eigenvalue weighted by atomic mass is 9.99. The molecule has 0 heterocycles. The number of benzene rings is 2. The molecule has 0 bridgehead atoms. The van der Waals surface area contributed by atoms with Gasteiger partial charge >= 0.3 is 0 Å². The lowest BCUT2D eigenvalue weighted by molar-refractivity contribution is 0.456. The number of aryl methyl sites for hydroxylation is 4. The number of ether oxygens (including phenoxy) is 1. The minimum Gasteiger partial charge on any atom is -0.456 e. The summed E-state index contributed by atoms with van der Waals surface area (Å²) in [4.78, 5) is 0. The van der Waals surface area contributed by atoms with Crippen molar-refractivity contribution in [1.82, 2.24) is 0 Å². The summed E-state index contributed by atoms with van der Waals surface area (Å²) in [6.07, 6.45) is 8.87. The van der Waals surface area contributed by atoms with Crippen molar-refractivity contribution in [3.63, 3.8) is 0 Å². The van der Waals surface area contributed by atoms with E-state index < -0.39 is 0 Å². The first-order chi connectivity index (χ1) is 12.2. The molecule has 2 aromatic carbocycles. The fourth-order valence-electron chi connectivity index (χ4n) is 3.51. The average Bonchev–Trinajstić information content (AvgIpc) is 2.61. The quantitative estimate of drug-likeness (QED) is 0.442. The molecule has 0 aliphatic heterocycles. The Kier molecular flexibility index (Phi) is 8.04. The van der Waals surface area contributed by atoms with Gasteiger partial charge in [0.2, 0.25) is 0 Å². The van der Waals surface area contributed by atoms with Gasteiger partial charge in [-0.3, -0.25) is 0 Å². The first kappa shape index (κ1) is 19.6. The van der Waals surface area contributed by atoms with Gasteiger partial charge in [-0.1, -0.05) is 89.8 Å². The minimum absolute atomic E-state index is 1.08.